The van der Waals surface area contributed by atoms with Crippen LogP contribution in [0.3, 0.4) is 0 Å². The number of unbranched alkanes of at least 4 members (excludes halogenated alkanes) is 2. The van der Waals surface area contributed by atoms with Crippen LogP contribution >= 0.6 is 0 Å². The minimum atomic E-state index is 0.116. The summed E-state index contributed by atoms with van der Waals surface area (Å²) in [5.41, 5.74) is 9.60. The zero-order valence-electron chi connectivity index (χ0n) is 27.8. The van der Waals surface area contributed by atoms with Crippen LogP contribution in [0.15, 0.2) is 84.6 Å². The average Bonchev–Trinajstić information content (AvgIpc) is 3.37. The molecule has 0 spiro atoms. The van der Waals surface area contributed by atoms with Gasteiger partial charge < -0.3 is 4.90 Å². The molecular weight excluding hydrogens is 520 g/mol. The Balaban J connectivity index is 1.29. The van der Waals surface area contributed by atoms with E-state index in [0.717, 1.165) is 0 Å². The summed E-state index contributed by atoms with van der Waals surface area (Å²) >= 11 is 0. The second-order valence-corrected chi connectivity index (χ2v) is 14.8. The first-order valence-electron chi connectivity index (χ1n) is 17.4. The molecule has 0 amide bonds. The maximum absolute atomic E-state index is 2.79. The molecule has 1 fully saturated rings. The van der Waals surface area contributed by atoms with Crippen molar-refractivity contribution in [2.24, 2.45) is 10.8 Å². The molecule has 2 aliphatic carbocycles. The molecule has 6 rings (SSSR count). The Kier molecular flexibility index (Phi) is 8.60. The fourth-order valence-electron chi connectivity index (χ4n) is 9.52. The van der Waals surface area contributed by atoms with Crippen LogP contribution in [0.1, 0.15) is 114 Å². The molecular formula is C41H55N2+. The fourth-order valence-corrected chi connectivity index (χ4v) is 9.52. The van der Waals surface area contributed by atoms with Crippen LogP contribution < -0.4 is 0 Å². The predicted molar refractivity (Wildman–Crippen MR) is 183 cm³/mol. The largest absolute Gasteiger partial charge is 0.371 e. The molecule has 0 unspecified atom stereocenters. The highest BCUT2D eigenvalue weighted by Crippen LogP contribution is 2.57. The van der Waals surface area contributed by atoms with Gasteiger partial charge in [-0.15, -0.1) is 0 Å². The van der Waals surface area contributed by atoms with Gasteiger partial charge in [0, 0.05) is 48.5 Å². The molecule has 0 saturated carbocycles. The van der Waals surface area contributed by atoms with E-state index < -0.39 is 0 Å². The molecule has 0 N–H and O–H groups in total. The van der Waals surface area contributed by atoms with Crippen LogP contribution in [0.2, 0.25) is 0 Å². The summed E-state index contributed by atoms with van der Waals surface area (Å²) in [5.74, 6) is 1.13. The third-order valence-electron chi connectivity index (χ3n) is 11.5. The lowest BCUT2D eigenvalue weighted by atomic mass is 9.66. The number of allylic oxidation sites excluding steroid dienone is 6. The molecule has 2 aliphatic heterocycles. The smallest absolute Gasteiger partial charge is 0.182 e. The van der Waals surface area contributed by atoms with Gasteiger partial charge in [-0.25, -0.2) is 4.58 Å². The number of fused-ring (bicyclic) bond motifs is 6. The first-order valence-corrected chi connectivity index (χ1v) is 17.4. The normalized spacial score (nSPS) is 28.0. The van der Waals surface area contributed by atoms with Crippen LogP contribution in [0.5, 0.6) is 0 Å². The molecule has 0 radical (unpaired) electrons. The maximum atomic E-state index is 2.79. The van der Waals surface area contributed by atoms with Crippen molar-refractivity contribution >= 4 is 5.71 Å². The van der Waals surface area contributed by atoms with Gasteiger partial charge in [-0.05, 0) is 67.9 Å². The second kappa shape index (κ2) is 12.3. The highest BCUT2D eigenvalue weighted by atomic mass is 15.2. The van der Waals surface area contributed by atoms with Crippen LogP contribution in [0, 0.1) is 10.8 Å². The molecule has 0 aromatic heterocycles. The number of hydrogen-bond donors (Lipinski definition) is 0. The SMILES string of the molecule is CCCCN1/C(=C/C=C/C=C/C2=[N+](CCCC)[C@@H]3CCc4ccccc4[C@@H]3C2(C)C)C(C)(C)[C@H]2c3ccccc3CC[C@@H]21. The Morgan fingerprint density at radius 2 is 1.42 bits per heavy atom. The lowest BCUT2D eigenvalue weighted by Gasteiger charge is -2.36. The predicted octanol–water partition coefficient (Wildman–Crippen LogP) is 9.62. The average molecular weight is 576 g/mol. The van der Waals surface area contributed by atoms with E-state index in [0.29, 0.717) is 23.9 Å². The van der Waals surface area contributed by atoms with Crippen molar-refractivity contribution in [1.29, 1.82) is 0 Å². The fraction of sp³-hybridized carbons (Fsp3) is 0.537. The summed E-state index contributed by atoms with van der Waals surface area (Å²) < 4.78 is 2.79. The minimum absolute atomic E-state index is 0.116. The first kappa shape index (κ1) is 30.2. The van der Waals surface area contributed by atoms with Crippen molar-refractivity contribution in [2.75, 3.05) is 13.1 Å². The van der Waals surface area contributed by atoms with Crippen LogP contribution in [0.4, 0.5) is 0 Å². The first-order chi connectivity index (χ1) is 20.8. The van der Waals surface area contributed by atoms with Crippen molar-refractivity contribution in [1.82, 2.24) is 4.90 Å². The van der Waals surface area contributed by atoms with Crippen LogP contribution in [-0.2, 0) is 12.8 Å². The maximum Gasteiger partial charge on any atom is 0.182 e. The molecule has 228 valence electrons. The minimum Gasteiger partial charge on any atom is -0.371 e. The number of likely N-dealkylation sites (tertiary alicyclic amines) is 1. The summed E-state index contributed by atoms with van der Waals surface area (Å²) in [5, 5.41) is 0. The number of benzene rings is 2. The zero-order valence-corrected chi connectivity index (χ0v) is 27.8. The molecule has 2 heteroatoms. The molecule has 0 bridgehead atoms. The highest BCUT2D eigenvalue weighted by molar-refractivity contribution is 5.97. The summed E-state index contributed by atoms with van der Waals surface area (Å²) in [4.78, 5) is 2.79. The molecule has 2 nitrogen and oxygen atoms in total. The van der Waals surface area contributed by atoms with Gasteiger partial charge in [-0.3, -0.25) is 0 Å². The third kappa shape index (κ3) is 5.27. The van der Waals surface area contributed by atoms with Gasteiger partial charge >= 0.3 is 0 Å². The van der Waals surface area contributed by atoms with E-state index in [4.69, 9.17) is 0 Å². The molecule has 43 heavy (non-hydrogen) atoms. The van der Waals surface area contributed by atoms with Gasteiger partial charge in [0.25, 0.3) is 0 Å². The quantitative estimate of drug-likeness (QED) is 0.213. The number of hydrogen-bond acceptors (Lipinski definition) is 1. The Morgan fingerprint density at radius 3 is 2.12 bits per heavy atom. The lowest BCUT2D eigenvalue weighted by molar-refractivity contribution is -0.562. The molecule has 2 heterocycles. The van der Waals surface area contributed by atoms with Gasteiger partial charge in [0.1, 0.15) is 6.54 Å². The molecule has 2 aromatic carbocycles. The van der Waals surface area contributed by atoms with E-state index in [9.17, 15) is 0 Å². The van der Waals surface area contributed by atoms with Crippen molar-refractivity contribution in [3.8, 4) is 0 Å². The summed E-state index contributed by atoms with van der Waals surface area (Å²) in [6.45, 7) is 17.0. The van der Waals surface area contributed by atoms with Crippen LogP contribution in [0.25, 0.3) is 0 Å². The third-order valence-corrected chi connectivity index (χ3v) is 11.5. The summed E-state index contributed by atoms with van der Waals surface area (Å²) in [6, 6.07) is 19.7. The zero-order chi connectivity index (χ0) is 30.2. The topological polar surface area (TPSA) is 6.25 Å². The number of aryl methyl sites for hydroxylation is 2. The van der Waals surface area contributed by atoms with E-state index in [-0.39, 0.29) is 10.8 Å². The second-order valence-electron chi connectivity index (χ2n) is 14.8. The van der Waals surface area contributed by atoms with Crippen molar-refractivity contribution in [3.05, 3.63) is 107 Å². The van der Waals surface area contributed by atoms with Gasteiger partial charge in [0.15, 0.2) is 11.8 Å². The number of rotatable bonds is 9. The Bertz CT molecular complexity index is 1430. The lowest BCUT2D eigenvalue weighted by Crippen LogP contribution is -2.35. The van der Waals surface area contributed by atoms with Crippen molar-refractivity contribution in [3.63, 3.8) is 0 Å². The molecule has 2 aromatic rings. The summed E-state index contributed by atoms with van der Waals surface area (Å²) in [6.07, 6.45) is 21.8. The Hall–Kier alpha value is -2.87. The molecule has 4 aliphatic rings. The Labute approximate surface area is 262 Å². The van der Waals surface area contributed by atoms with E-state index in [2.05, 4.69) is 130 Å². The van der Waals surface area contributed by atoms with E-state index in [1.807, 2.05) is 0 Å². The number of nitrogens with zero attached hydrogens (tertiary/aromatic N) is 2. The van der Waals surface area contributed by atoms with E-state index >= 15 is 0 Å². The Morgan fingerprint density at radius 1 is 0.767 bits per heavy atom. The monoisotopic (exact) mass is 575 g/mol. The van der Waals surface area contributed by atoms with Crippen molar-refractivity contribution < 1.29 is 4.58 Å². The molecule has 4 atom stereocenters. The highest BCUT2D eigenvalue weighted by Gasteiger charge is 2.56. The van der Waals surface area contributed by atoms with E-state index in [1.165, 1.54) is 75.9 Å². The van der Waals surface area contributed by atoms with E-state index in [1.54, 1.807) is 22.3 Å². The van der Waals surface area contributed by atoms with Gasteiger partial charge in [-0.2, -0.15) is 0 Å². The molecule has 1 saturated heterocycles. The van der Waals surface area contributed by atoms with Crippen LogP contribution in [-0.4, -0.2) is 40.4 Å². The van der Waals surface area contributed by atoms with Gasteiger partial charge in [0.2, 0.25) is 0 Å². The summed E-state index contributed by atoms with van der Waals surface area (Å²) in [7, 11) is 0. The van der Waals surface area contributed by atoms with Gasteiger partial charge in [-0.1, -0.05) is 107 Å². The van der Waals surface area contributed by atoms with Crippen molar-refractivity contribution in [2.45, 2.75) is 117 Å². The van der Waals surface area contributed by atoms with Gasteiger partial charge in [0.05, 0.1) is 11.3 Å². The standard InChI is InChI=1S/C41H55N2/c1-7-9-28-42-34-26-24-30-18-14-16-20-32(30)38(34)40(3,4)36(42)22-12-11-13-23-37-41(5,6)39-33-21-17-15-19-31(33)25-27-35(39)43(37)29-10-8-2/h11-23,34-35,38-39H,7-10,24-29H2,1-6H3/q+1/t34-,35+,38-,39-/m0/s1.